The fourth-order valence-electron chi connectivity index (χ4n) is 2.21. The molecule has 0 aliphatic heterocycles. The van der Waals surface area contributed by atoms with Gasteiger partial charge in [-0.05, 0) is 25.3 Å². The number of rotatable bonds is 6. The zero-order valence-electron chi connectivity index (χ0n) is 14.4. The number of hydrogen-bond donors (Lipinski definition) is 2. The van der Waals surface area contributed by atoms with E-state index in [0.29, 0.717) is 5.13 Å². The van der Waals surface area contributed by atoms with Crippen molar-refractivity contribution in [3.05, 3.63) is 40.9 Å². The normalized spacial score (nSPS) is 13.7. The number of nitrogens with zero attached hydrogens (tertiary/aromatic N) is 2. The van der Waals surface area contributed by atoms with E-state index >= 15 is 0 Å². The molecule has 0 aliphatic carbocycles. The molecular weight excluding hydrogens is 344 g/mol. The maximum Gasteiger partial charge on any atom is 0.243 e. The Kier molecular flexibility index (Phi) is 7.32. The minimum absolute atomic E-state index is 0. The summed E-state index contributed by atoms with van der Waals surface area (Å²) in [4.78, 5) is 12.1. The maximum absolute atomic E-state index is 12.1. The summed E-state index contributed by atoms with van der Waals surface area (Å²) in [7, 11) is 0. The lowest BCUT2D eigenvalue weighted by atomic mass is 9.85. The van der Waals surface area contributed by atoms with Crippen LogP contribution in [0.4, 0.5) is 5.13 Å². The van der Waals surface area contributed by atoms with Gasteiger partial charge in [0.05, 0.1) is 6.04 Å². The molecule has 0 fully saturated rings. The second-order valence-electron chi connectivity index (χ2n) is 6.30. The number of benzene rings is 1. The highest BCUT2D eigenvalue weighted by Crippen LogP contribution is 2.34. The number of anilines is 1. The van der Waals surface area contributed by atoms with Crippen LogP contribution in [0.5, 0.6) is 0 Å². The molecule has 132 valence electrons. The number of halogens is 1. The van der Waals surface area contributed by atoms with Gasteiger partial charge in [-0.2, -0.15) is 0 Å². The molecule has 1 aromatic carbocycles. The van der Waals surface area contributed by atoms with E-state index in [0.717, 1.165) is 17.0 Å². The largest absolute Gasteiger partial charge is 0.320 e. The number of hydrogen-bond acceptors (Lipinski definition) is 5. The monoisotopic (exact) mass is 368 g/mol. The summed E-state index contributed by atoms with van der Waals surface area (Å²) in [6.07, 6.45) is 0.858. The van der Waals surface area contributed by atoms with Crippen LogP contribution in [0.1, 0.15) is 44.7 Å². The summed E-state index contributed by atoms with van der Waals surface area (Å²) >= 11 is 1.39. The molecule has 2 rings (SSSR count). The molecule has 7 heteroatoms. The Hall–Kier alpha value is -1.50. The third-order valence-electron chi connectivity index (χ3n) is 4.25. The van der Waals surface area contributed by atoms with E-state index in [4.69, 9.17) is 5.73 Å². The van der Waals surface area contributed by atoms with Gasteiger partial charge in [-0.15, -0.1) is 22.6 Å². The van der Waals surface area contributed by atoms with Crippen LogP contribution in [0.2, 0.25) is 0 Å². The first-order valence-corrected chi connectivity index (χ1v) is 8.63. The van der Waals surface area contributed by atoms with Gasteiger partial charge in [-0.1, -0.05) is 61.9 Å². The molecule has 0 saturated heterocycles. The summed E-state index contributed by atoms with van der Waals surface area (Å²) in [5.74, 6) is -0.0808. The highest BCUT2D eigenvalue weighted by atomic mass is 35.5. The molecule has 2 aromatic rings. The van der Waals surface area contributed by atoms with Crippen LogP contribution in [0.3, 0.4) is 0 Å². The lowest BCUT2D eigenvalue weighted by Gasteiger charge is -2.21. The lowest BCUT2D eigenvalue weighted by Crippen LogP contribution is -2.40. The zero-order chi connectivity index (χ0) is 17.0. The Balaban J connectivity index is 0.00000288. The highest BCUT2D eigenvalue weighted by molar-refractivity contribution is 7.15. The van der Waals surface area contributed by atoms with E-state index in [1.807, 2.05) is 32.0 Å². The average Bonchev–Trinajstić information content (AvgIpc) is 3.03. The van der Waals surface area contributed by atoms with Crippen molar-refractivity contribution in [1.29, 1.82) is 0 Å². The van der Waals surface area contributed by atoms with E-state index in [1.165, 1.54) is 11.3 Å². The second-order valence-corrected chi connectivity index (χ2v) is 7.28. The molecular formula is C17H25ClN4OS. The van der Waals surface area contributed by atoms with Crippen molar-refractivity contribution in [2.75, 3.05) is 5.32 Å². The van der Waals surface area contributed by atoms with Gasteiger partial charge in [0.15, 0.2) is 0 Å². The molecule has 0 bridgehead atoms. The Labute approximate surface area is 153 Å². The Morgan fingerprint density at radius 3 is 2.50 bits per heavy atom. The SMILES string of the molecule is CCC(C)C(N)C(=O)Nc1nnc(C(C)(C)c2ccccc2)s1.Cl. The van der Waals surface area contributed by atoms with E-state index < -0.39 is 6.04 Å². The predicted octanol–water partition coefficient (Wildman–Crippen LogP) is 3.60. The highest BCUT2D eigenvalue weighted by Gasteiger charge is 2.28. The number of aromatic nitrogens is 2. The molecule has 3 N–H and O–H groups in total. The van der Waals surface area contributed by atoms with Crippen LogP contribution in [0.25, 0.3) is 0 Å². The molecule has 1 heterocycles. The third kappa shape index (κ3) is 4.53. The van der Waals surface area contributed by atoms with Crippen LogP contribution in [0, 0.1) is 5.92 Å². The van der Waals surface area contributed by atoms with Crippen LogP contribution in [-0.4, -0.2) is 22.1 Å². The smallest absolute Gasteiger partial charge is 0.243 e. The summed E-state index contributed by atoms with van der Waals surface area (Å²) in [6, 6.07) is 9.60. The fraction of sp³-hybridized carbons (Fsp3) is 0.471. The minimum atomic E-state index is -0.533. The fourth-order valence-corrected chi connectivity index (χ4v) is 3.08. The first-order chi connectivity index (χ1) is 10.9. The van der Waals surface area contributed by atoms with Gasteiger partial charge < -0.3 is 5.73 Å². The molecule has 0 spiro atoms. The van der Waals surface area contributed by atoms with E-state index in [9.17, 15) is 4.79 Å². The number of carbonyl (C=O) groups is 1. The summed E-state index contributed by atoms with van der Waals surface area (Å²) in [5, 5.41) is 12.5. The quantitative estimate of drug-likeness (QED) is 0.816. The Bertz CT molecular complexity index is 660. The topological polar surface area (TPSA) is 80.9 Å². The van der Waals surface area contributed by atoms with Crippen molar-refractivity contribution in [3.63, 3.8) is 0 Å². The summed E-state index contributed by atoms with van der Waals surface area (Å²) in [6.45, 7) is 8.18. The molecule has 1 aromatic heterocycles. The molecule has 2 atom stereocenters. The van der Waals surface area contributed by atoms with Gasteiger partial charge in [-0.3, -0.25) is 10.1 Å². The van der Waals surface area contributed by atoms with E-state index in [-0.39, 0.29) is 29.6 Å². The van der Waals surface area contributed by atoms with E-state index in [2.05, 4.69) is 41.5 Å². The van der Waals surface area contributed by atoms with Crippen LogP contribution < -0.4 is 11.1 Å². The van der Waals surface area contributed by atoms with Crippen LogP contribution in [-0.2, 0) is 10.2 Å². The average molecular weight is 369 g/mol. The number of nitrogens with two attached hydrogens (primary N) is 1. The Morgan fingerprint density at radius 1 is 1.29 bits per heavy atom. The van der Waals surface area contributed by atoms with Crippen LogP contribution in [0.15, 0.2) is 30.3 Å². The molecule has 0 aliphatic rings. The van der Waals surface area contributed by atoms with Gasteiger partial charge in [0.1, 0.15) is 5.01 Å². The molecule has 1 amide bonds. The van der Waals surface area contributed by atoms with Crippen molar-refractivity contribution >= 4 is 34.8 Å². The second kappa shape index (κ2) is 8.55. The first-order valence-electron chi connectivity index (χ1n) is 7.82. The maximum atomic E-state index is 12.1. The third-order valence-corrected chi connectivity index (χ3v) is 5.41. The van der Waals surface area contributed by atoms with Gasteiger partial charge in [-0.25, -0.2) is 0 Å². The molecule has 2 unspecified atom stereocenters. The van der Waals surface area contributed by atoms with Gasteiger partial charge >= 0.3 is 0 Å². The molecule has 0 radical (unpaired) electrons. The molecule has 24 heavy (non-hydrogen) atoms. The minimum Gasteiger partial charge on any atom is -0.320 e. The van der Waals surface area contributed by atoms with Crippen LogP contribution >= 0.6 is 23.7 Å². The van der Waals surface area contributed by atoms with Gasteiger partial charge in [0.25, 0.3) is 0 Å². The van der Waals surface area contributed by atoms with Gasteiger partial charge in [0, 0.05) is 5.41 Å². The number of amides is 1. The first kappa shape index (κ1) is 20.5. The zero-order valence-corrected chi connectivity index (χ0v) is 16.1. The molecule has 0 saturated carbocycles. The number of nitrogens with one attached hydrogen (secondary N) is 1. The molecule has 5 nitrogen and oxygen atoms in total. The van der Waals surface area contributed by atoms with Crippen molar-refractivity contribution in [3.8, 4) is 0 Å². The Morgan fingerprint density at radius 2 is 1.92 bits per heavy atom. The van der Waals surface area contributed by atoms with Crippen molar-refractivity contribution < 1.29 is 4.79 Å². The van der Waals surface area contributed by atoms with Gasteiger partial charge in [0.2, 0.25) is 11.0 Å². The predicted molar refractivity (Wildman–Crippen MR) is 102 cm³/mol. The van der Waals surface area contributed by atoms with Crippen molar-refractivity contribution in [2.24, 2.45) is 11.7 Å². The summed E-state index contributed by atoms with van der Waals surface area (Å²) < 4.78 is 0. The lowest BCUT2D eigenvalue weighted by molar-refractivity contribution is -0.118. The number of carbonyl (C=O) groups excluding carboxylic acids is 1. The van der Waals surface area contributed by atoms with E-state index in [1.54, 1.807) is 0 Å². The standard InChI is InChI=1S/C17H24N4OS.ClH/c1-5-11(2)13(18)14(22)19-16-21-20-15(23-16)17(3,4)12-9-7-6-8-10-12;/h6-11,13H,5,18H2,1-4H3,(H,19,21,22);1H. The van der Waals surface area contributed by atoms with Crippen molar-refractivity contribution in [2.45, 2.75) is 45.6 Å². The van der Waals surface area contributed by atoms with Crippen molar-refractivity contribution in [1.82, 2.24) is 10.2 Å². The summed E-state index contributed by atoms with van der Waals surface area (Å²) in [5.41, 5.74) is 6.84.